The predicted molar refractivity (Wildman–Crippen MR) is 67.8 cm³/mol. The van der Waals surface area contributed by atoms with Crippen molar-refractivity contribution in [3.05, 3.63) is 39.4 Å². The molecule has 0 unspecified atom stereocenters. The second kappa shape index (κ2) is 5.32. The second-order valence-electron chi connectivity index (χ2n) is 4.76. The van der Waals surface area contributed by atoms with Crippen LogP contribution in [0.25, 0.3) is 0 Å². The van der Waals surface area contributed by atoms with Crippen molar-refractivity contribution in [2.45, 2.75) is 24.8 Å². The minimum Gasteiger partial charge on any atom is -0.345 e. The Morgan fingerprint density at radius 1 is 1.40 bits per heavy atom. The largest absolute Gasteiger partial charge is 0.345 e. The third kappa shape index (κ3) is 2.58. The van der Waals surface area contributed by atoms with Gasteiger partial charge in [-0.1, -0.05) is 0 Å². The summed E-state index contributed by atoms with van der Waals surface area (Å²) in [6.45, 7) is 0. The molecule has 20 heavy (non-hydrogen) atoms. The zero-order valence-electron chi connectivity index (χ0n) is 10.3. The molecule has 108 valence electrons. The monoisotopic (exact) mass is 304 g/mol. The number of hydrogen-bond donors (Lipinski definition) is 1. The second-order valence-corrected chi connectivity index (χ2v) is 5.03. The van der Waals surface area contributed by atoms with Crippen molar-refractivity contribution in [3.63, 3.8) is 0 Å². The topological polar surface area (TPSA) is 72.2 Å². The number of nitro benzene ring substituents is 1. The summed E-state index contributed by atoms with van der Waals surface area (Å²) in [6.07, 6.45) is 2.19. The maximum absolute atomic E-state index is 13.2. The van der Waals surface area contributed by atoms with E-state index in [2.05, 4.69) is 5.32 Å². The molecule has 2 rings (SSSR count). The normalized spacial score (nSPS) is 16.4. The number of nitro groups is 1. The Morgan fingerprint density at radius 2 is 2.00 bits per heavy atom. The molecule has 1 amide bonds. The van der Waals surface area contributed by atoms with Crippen LogP contribution in [0.2, 0.25) is 0 Å². The molecule has 0 heterocycles. The summed E-state index contributed by atoms with van der Waals surface area (Å²) in [7, 11) is 0. The molecule has 8 heteroatoms. The Balaban J connectivity index is 2.33. The Morgan fingerprint density at radius 3 is 2.45 bits per heavy atom. The Bertz CT molecular complexity index is 571. The number of nitrogens with one attached hydrogen (secondary N) is 1. The Kier molecular flexibility index (Phi) is 3.89. The summed E-state index contributed by atoms with van der Waals surface area (Å²) < 4.78 is 26.2. The van der Waals surface area contributed by atoms with Crippen LogP contribution in [0.5, 0.6) is 0 Å². The first-order chi connectivity index (χ1) is 9.38. The number of hydrogen-bond acceptors (Lipinski definition) is 3. The summed E-state index contributed by atoms with van der Waals surface area (Å²) in [5.41, 5.74) is -1.90. The van der Waals surface area contributed by atoms with Gasteiger partial charge < -0.3 is 5.32 Å². The van der Waals surface area contributed by atoms with Crippen LogP contribution in [-0.4, -0.2) is 22.2 Å². The smallest absolute Gasteiger partial charge is 0.285 e. The summed E-state index contributed by atoms with van der Waals surface area (Å²) in [5.74, 6) is -3.34. The molecule has 0 spiro atoms. The van der Waals surface area contributed by atoms with Crippen LogP contribution in [0.4, 0.5) is 14.5 Å². The third-order valence-electron chi connectivity index (χ3n) is 3.43. The first-order valence-corrected chi connectivity index (χ1v) is 6.44. The molecule has 1 aliphatic rings. The van der Waals surface area contributed by atoms with Crippen LogP contribution in [0, 0.1) is 21.7 Å². The minimum absolute atomic E-state index is 0.163. The number of rotatable bonds is 4. The molecule has 1 saturated carbocycles. The van der Waals surface area contributed by atoms with E-state index in [9.17, 15) is 23.7 Å². The first kappa shape index (κ1) is 14.6. The van der Waals surface area contributed by atoms with Crippen molar-refractivity contribution in [1.29, 1.82) is 0 Å². The van der Waals surface area contributed by atoms with E-state index in [0.717, 1.165) is 6.42 Å². The highest BCUT2D eigenvalue weighted by Crippen LogP contribution is 2.33. The molecule has 0 radical (unpaired) electrons. The summed E-state index contributed by atoms with van der Waals surface area (Å²) in [6, 6.07) is 0.932. The number of amides is 1. The Hall–Kier alpha value is -1.76. The van der Waals surface area contributed by atoms with Gasteiger partial charge in [-0.15, -0.1) is 11.6 Å². The van der Waals surface area contributed by atoms with Crippen molar-refractivity contribution < 1.29 is 18.5 Å². The van der Waals surface area contributed by atoms with Gasteiger partial charge in [0.25, 0.3) is 11.6 Å². The van der Waals surface area contributed by atoms with Gasteiger partial charge in [-0.05, 0) is 25.3 Å². The number of carbonyl (C=O) groups excluding carboxylic acids is 1. The van der Waals surface area contributed by atoms with Crippen LogP contribution in [0.15, 0.2) is 12.1 Å². The fourth-order valence-electron chi connectivity index (χ4n) is 2.07. The van der Waals surface area contributed by atoms with E-state index in [-0.39, 0.29) is 5.88 Å². The molecule has 5 nitrogen and oxygen atoms in total. The van der Waals surface area contributed by atoms with Gasteiger partial charge in [0.05, 0.1) is 16.5 Å². The third-order valence-corrected chi connectivity index (χ3v) is 3.94. The molecule has 1 aliphatic carbocycles. The van der Waals surface area contributed by atoms with Crippen LogP contribution >= 0.6 is 11.6 Å². The van der Waals surface area contributed by atoms with Gasteiger partial charge in [-0.25, -0.2) is 8.78 Å². The molecule has 0 saturated heterocycles. The first-order valence-electron chi connectivity index (χ1n) is 5.90. The van der Waals surface area contributed by atoms with E-state index >= 15 is 0 Å². The number of benzene rings is 1. The van der Waals surface area contributed by atoms with E-state index in [1.54, 1.807) is 0 Å². The van der Waals surface area contributed by atoms with Gasteiger partial charge >= 0.3 is 0 Å². The van der Waals surface area contributed by atoms with Crippen molar-refractivity contribution in [1.82, 2.24) is 5.32 Å². The molecule has 1 aromatic carbocycles. The lowest BCUT2D eigenvalue weighted by Gasteiger charge is -2.40. The van der Waals surface area contributed by atoms with Crippen LogP contribution < -0.4 is 5.32 Å². The van der Waals surface area contributed by atoms with E-state index in [1.807, 2.05) is 0 Å². The van der Waals surface area contributed by atoms with Crippen LogP contribution in [0.1, 0.15) is 29.6 Å². The summed E-state index contributed by atoms with van der Waals surface area (Å²) in [4.78, 5) is 21.9. The number of halogens is 3. The average molecular weight is 305 g/mol. The SMILES string of the molecule is O=C(NC1(CCl)CCC1)c1cc(F)c(F)cc1[N+](=O)[O-]. The van der Waals surface area contributed by atoms with E-state index in [1.165, 1.54) is 0 Å². The molecule has 1 fully saturated rings. The van der Waals surface area contributed by atoms with E-state index in [4.69, 9.17) is 11.6 Å². The number of nitrogens with zero attached hydrogens (tertiary/aromatic N) is 1. The van der Waals surface area contributed by atoms with Gasteiger partial charge in [0, 0.05) is 5.88 Å². The molecule has 1 N–H and O–H groups in total. The lowest BCUT2D eigenvalue weighted by atomic mass is 9.78. The number of alkyl halides is 1. The molecule has 0 aliphatic heterocycles. The standard InChI is InChI=1S/C12H11ClF2N2O3/c13-6-12(2-1-3-12)16-11(18)7-4-8(14)9(15)5-10(7)17(19)20/h4-5H,1-3,6H2,(H,16,18). The maximum Gasteiger partial charge on any atom is 0.285 e. The predicted octanol–water partition coefficient (Wildman–Crippen LogP) is 2.76. The van der Waals surface area contributed by atoms with Crippen molar-refractivity contribution in [2.24, 2.45) is 0 Å². The zero-order chi connectivity index (χ0) is 14.9. The van der Waals surface area contributed by atoms with Gasteiger partial charge in [0.1, 0.15) is 5.56 Å². The van der Waals surface area contributed by atoms with E-state index in [0.29, 0.717) is 25.0 Å². The fraction of sp³-hybridized carbons (Fsp3) is 0.417. The minimum atomic E-state index is -1.37. The van der Waals surface area contributed by atoms with Crippen molar-refractivity contribution in [3.8, 4) is 0 Å². The molecular formula is C12H11ClF2N2O3. The molecular weight excluding hydrogens is 294 g/mol. The maximum atomic E-state index is 13.2. The average Bonchev–Trinajstić information content (AvgIpc) is 2.36. The van der Waals surface area contributed by atoms with Crippen molar-refractivity contribution in [2.75, 3.05) is 5.88 Å². The fourth-order valence-corrected chi connectivity index (χ4v) is 2.41. The molecule has 1 aromatic rings. The highest BCUT2D eigenvalue weighted by molar-refractivity contribution is 6.19. The van der Waals surface area contributed by atoms with Gasteiger partial charge in [-0.3, -0.25) is 14.9 Å². The lowest BCUT2D eigenvalue weighted by molar-refractivity contribution is -0.385. The van der Waals surface area contributed by atoms with Gasteiger partial charge in [0.15, 0.2) is 11.6 Å². The molecule has 0 aromatic heterocycles. The van der Waals surface area contributed by atoms with Gasteiger partial charge in [-0.2, -0.15) is 0 Å². The molecule has 0 bridgehead atoms. The lowest BCUT2D eigenvalue weighted by Crippen LogP contribution is -2.55. The summed E-state index contributed by atoms with van der Waals surface area (Å²) in [5, 5.41) is 13.4. The summed E-state index contributed by atoms with van der Waals surface area (Å²) >= 11 is 5.77. The zero-order valence-corrected chi connectivity index (χ0v) is 11.0. The highest BCUT2D eigenvalue weighted by Gasteiger charge is 2.39. The quantitative estimate of drug-likeness (QED) is 0.528. The van der Waals surface area contributed by atoms with Crippen molar-refractivity contribution >= 4 is 23.2 Å². The van der Waals surface area contributed by atoms with Crippen LogP contribution in [-0.2, 0) is 0 Å². The Labute approximate surface area is 118 Å². The number of carbonyl (C=O) groups is 1. The highest BCUT2D eigenvalue weighted by atomic mass is 35.5. The molecule has 0 atom stereocenters. The van der Waals surface area contributed by atoms with Crippen LogP contribution in [0.3, 0.4) is 0 Å². The van der Waals surface area contributed by atoms with Gasteiger partial charge in [0.2, 0.25) is 0 Å². The van der Waals surface area contributed by atoms with E-state index < -0.39 is 39.3 Å².